The van der Waals surface area contributed by atoms with Gasteiger partial charge < -0.3 is 28.7 Å². The van der Waals surface area contributed by atoms with Crippen LogP contribution in [-0.2, 0) is 24.4 Å². The lowest BCUT2D eigenvalue weighted by atomic mass is 10.1. The predicted octanol–water partition coefficient (Wildman–Crippen LogP) is 4.70. The molecule has 0 unspecified atom stereocenters. The standard InChI is InChI=1S/C31H35N5O5/c1-21-10-14-36(33-21)15-11-29(37)35(18-22-6-7-26-28(16-22)41-20-40-26)19-23-17-24-25(38-2)8-9-27(39-3)30(24)32-31(23)34-12-4-5-13-34/h6-10,14,16-17H,4-5,11-13,15,18-20H2,1-3H3. The van der Waals surface area contributed by atoms with Gasteiger partial charge in [-0.15, -0.1) is 0 Å². The van der Waals surface area contributed by atoms with E-state index in [1.165, 1.54) is 0 Å². The maximum atomic E-state index is 13.8. The zero-order valence-corrected chi connectivity index (χ0v) is 23.8. The zero-order valence-electron chi connectivity index (χ0n) is 23.8. The maximum absolute atomic E-state index is 13.8. The number of benzene rings is 2. The van der Waals surface area contributed by atoms with Crippen LogP contribution in [-0.4, -0.2) is 59.7 Å². The Morgan fingerprint density at radius 1 is 0.976 bits per heavy atom. The van der Waals surface area contributed by atoms with Crippen molar-refractivity contribution in [3.8, 4) is 23.0 Å². The maximum Gasteiger partial charge on any atom is 0.231 e. The monoisotopic (exact) mass is 557 g/mol. The van der Waals surface area contributed by atoms with Crippen LogP contribution in [0.5, 0.6) is 23.0 Å². The van der Waals surface area contributed by atoms with Crippen LogP contribution in [0.1, 0.15) is 36.1 Å². The molecule has 1 amide bonds. The summed E-state index contributed by atoms with van der Waals surface area (Å²) in [6.07, 6.45) is 4.45. The number of aryl methyl sites for hydroxylation is 2. The molecule has 0 bridgehead atoms. The van der Waals surface area contributed by atoms with E-state index in [1.807, 2.05) is 59.1 Å². The Morgan fingerprint density at radius 3 is 2.51 bits per heavy atom. The van der Waals surface area contributed by atoms with Gasteiger partial charge in [-0.05, 0) is 61.7 Å². The van der Waals surface area contributed by atoms with Gasteiger partial charge in [0.1, 0.15) is 22.8 Å². The number of ether oxygens (including phenoxy) is 4. The predicted molar refractivity (Wildman–Crippen MR) is 155 cm³/mol. The second-order valence-electron chi connectivity index (χ2n) is 10.4. The van der Waals surface area contributed by atoms with Crippen molar-refractivity contribution in [1.29, 1.82) is 0 Å². The number of amides is 1. The van der Waals surface area contributed by atoms with E-state index in [0.29, 0.717) is 43.3 Å². The lowest BCUT2D eigenvalue weighted by molar-refractivity contribution is -0.132. The summed E-state index contributed by atoms with van der Waals surface area (Å²) in [6.45, 7) is 5.31. The van der Waals surface area contributed by atoms with Gasteiger partial charge in [-0.1, -0.05) is 6.07 Å². The fourth-order valence-electron chi connectivity index (χ4n) is 5.56. The number of methoxy groups -OCH3 is 2. The molecular formula is C31H35N5O5. The smallest absolute Gasteiger partial charge is 0.231 e. The lowest BCUT2D eigenvalue weighted by Gasteiger charge is -2.27. The molecule has 4 aromatic rings. The Balaban J connectivity index is 1.37. The summed E-state index contributed by atoms with van der Waals surface area (Å²) in [5.41, 5.74) is 3.61. The number of aromatic nitrogens is 3. The van der Waals surface area contributed by atoms with E-state index in [4.69, 9.17) is 23.9 Å². The van der Waals surface area contributed by atoms with Crippen molar-refractivity contribution in [3.05, 3.63) is 65.5 Å². The summed E-state index contributed by atoms with van der Waals surface area (Å²) in [4.78, 5) is 23.2. The van der Waals surface area contributed by atoms with Gasteiger partial charge >= 0.3 is 0 Å². The first kappa shape index (κ1) is 26.7. The fraction of sp³-hybridized carbons (Fsp3) is 0.387. The quantitative estimate of drug-likeness (QED) is 0.277. The summed E-state index contributed by atoms with van der Waals surface area (Å²) in [5.74, 6) is 3.73. The summed E-state index contributed by atoms with van der Waals surface area (Å²) < 4.78 is 24.3. The van der Waals surface area contributed by atoms with E-state index in [2.05, 4.69) is 16.1 Å². The third-order valence-electron chi connectivity index (χ3n) is 7.66. The van der Waals surface area contributed by atoms with E-state index in [-0.39, 0.29) is 12.7 Å². The minimum Gasteiger partial charge on any atom is -0.496 e. The zero-order chi connectivity index (χ0) is 28.3. The minimum absolute atomic E-state index is 0.0286. The van der Waals surface area contributed by atoms with Gasteiger partial charge in [0, 0.05) is 56.3 Å². The SMILES string of the molecule is COc1ccc(OC)c2nc(N3CCCC3)c(CN(Cc3ccc4c(c3)OCO4)C(=O)CCn3ccc(C)n3)cc12. The molecule has 0 saturated carbocycles. The van der Waals surface area contributed by atoms with E-state index in [0.717, 1.165) is 65.2 Å². The van der Waals surface area contributed by atoms with Gasteiger partial charge in [-0.25, -0.2) is 4.98 Å². The average molecular weight is 558 g/mol. The van der Waals surface area contributed by atoms with Crippen LogP contribution >= 0.6 is 0 Å². The highest BCUT2D eigenvalue weighted by molar-refractivity contribution is 5.92. The van der Waals surface area contributed by atoms with E-state index >= 15 is 0 Å². The molecular weight excluding hydrogens is 522 g/mol. The number of rotatable bonds is 10. The third kappa shape index (κ3) is 5.59. The van der Waals surface area contributed by atoms with Crippen molar-refractivity contribution < 1.29 is 23.7 Å². The van der Waals surface area contributed by atoms with Crippen molar-refractivity contribution in [2.24, 2.45) is 0 Å². The first-order valence-electron chi connectivity index (χ1n) is 14.0. The molecule has 0 spiro atoms. The van der Waals surface area contributed by atoms with Crippen molar-refractivity contribution >= 4 is 22.6 Å². The van der Waals surface area contributed by atoms with Crippen LogP contribution in [0.2, 0.25) is 0 Å². The summed E-state index contributed by atoms with van der Waals surface area (Å²) >= 11 is 0. The molecule has 0 atom stereocenters. The third-order valence-corrected chi connectivity index (χ3v) is 7.66. The Morgan fingerprint density at radius 2 is 1.76 bits per heavy atom. The number of anilines is 1. The molecule has 0 N–H and O–H groups in total. The summed E-state index contributed by atoms with van der Waals surface area (Å²) in [5, 5.41) is 5.31. The largest absolute Gasteiger partial charge is 0.496 e. The number of carbonyl (C=O) groups is 1. The van der Waals surface area contributed by atoms with Crippen LogP contribution in [0.15, 0.2) is 48.7 Å². The summed E-state index contributed by atoms with van der Waals surface area (Å²) in [7, 11) is 3.31. The molecule has 2 aliphatic rings. The van der Waals surface area contributed by atoms with Crippen molar-refractivity contribution in [2.75, 3.05) is 39.0 Å². The highest BCUT2D eigenvalue weighted by atomic mass is 16.7. The van der Waals surface area contributed by atoms with Gasteiger partial charge in [0.05, 0.1) is 19.9 Å². The molecule has 2 aromatic carbocycles. The Labute approximate surface area is 239 Å². The lowest BCUT2D eigenvalue weighted by Crippen LogP contribution is -2.32. The highest BCUT2D eigenvalue weighted by Crippen LogP contribution is 2.37. The molecule has 214 valence electrons. The van der Waals surface area contributed by atoms with Crippen LogP contribution < -0.4 is 23.8 Å². The van der Waals surface area contributed by atoms with Crippen LogP contribution in [0.4, 0.5) is 5.82 Å². The van der Waals surface area contributed by atoms with Gasteiger partial charge in [0.25, 0.3) is 0 Å². The number of hydrogen-bond donors (Lipinski definition) is 0. The molecule has 10 nitrogen and oxygen atoms in total. The van der Waals surface area contributed by atoms with Gasteiger partial charge in [0.2, 0.25) is 12.7 Å². The molecule has 41 heavy (non-hydrogen) atoms. The molecule has 2 aliphatic heterocycles. The van der Waals surface area contributed by atoms with Gasteiger partial charge in [-0.2, -0.15) is 5.10 Å². The van der Waals surface area contributed by atoms with Crippen molar-refractivity contribution in [2.45, 2.75) is 45.8 Å². The van der Waals surface area contributed by atoms with Crippen LogP contribution in [0.3, 0.4) is 0 Å². The minimum atomic E-state index is 0.0286. The first-order chi connectivity index (χ1) is 20.0. The molecule has 2 aromatic heterocycles. The topological polar surface area (TPSA) is 91.2 Å². The number of nitrogens with zero attached hydrogens (tertiary/aromatic N) is 5. The number of hydrogen-bond acceptors (Lipinski definition) is 8. The Kier molecular flexibility index (Phi) is 7.54. The van der Waals surface area contributed by atoms with E-state index < -0.39 is 0 Å². The van der Waals surface area contributed by atoms with Crippen molar-refractivity contribution in [3.63, 3.8) is 0 Å². The number of carbonyl (C=O) groups excluding carboxylic acids is 1. The van der Waals surface area contributed by atoms with Crippen LogP contribution in [0.25, 0.3) is 10.9 Å². The molecule has 1 fully saturated rings. The molecule has 10 heteroatoms. The molecule has 0 radical (unpaired) electrons. The second-order valence-corrected chi connectivity index (χ2v) is 10.4. The van der Waals surface area contributed by atoms with Crippen LogP contribution in [0, 0.1) is 6.92 Å². The summed E-state index contributed by atoms with van der Waals surface area (Å²) in [6, 6.07) is 13.7. The molecule has 4 heterocycles. The average Bonchev–Trinajstić information content (AvgIpc) is 3.77. The highest BCUT2D eigenvalue weighted by Gasteiger charge is 2.25. The van der Waals surface area contributed by atoms with E-state index in [9.17, 15) is 4.79 Å². The second kappa shape index (κ2) is 11.6. The fourth-order valence-corrected chi connectivity index (χ4v) is 5.56. The number of fused-ring (bicyclic) bond motifs is 2. The Hall–Kier alpha value is -4.47. The molecule has 6 rings (SSSR count). The first-order valence-corrected chi connectivity index (χ1v) is 14.0. The van der Waals surface area contributed by atoms with E-state index in [1.54, 1.807) is 14.2 Å². The molecule has 1 saturated heterocycles. The molecule has 0 aliphatic carbocycles. The number of pyridine rings is 1. The Bertz CT molecular complexity index is 1560. The van der Waals surface area contributed by atoms with Gasteiger partial charge in [-0.3, -0.25) is 9.48 Å². The normalized spacial score (nSPS) is 14.1. The van der Waals surface area contributed by atoms with Crippen molar-refractivity contribution in [1.82, 2.24) is 19.7 Å². The van der Waals surface area contributed by atoms with Gasteiger partial charge in [0.15, 0.2) is 11.5 Å².